The molecule has 0 saturated heterocycles. The van der Waals surface area contributed by atoms with Crippen LogP contribution in [0.5, 0.6) is 0 Å². The molecule has 1 aromatic heterocycles. The Balaban J connectivity index is 2.63. The maximum Gasteiger partial charge on any atom is 0.255 e. The van der Waals surface area contributed by atoms with Gasteiger partial charge in [-0.2, -0.15) is 0 Å². The summed E-state index contributed by atoms with van der Waals surface area (Å²) < 4.78 is 0. The van der Waals surface area contributed by atoms with Crippen molar-refractivity contribution in [1.29, 1.82) is 0 Å². The molecule has 1 heterocycles. The summed E-state index contributed by atoms with van der Waals surface area (Å²) >= 11 is 0. The number of aromatic nitrogens is 1. The summed E-state index contributed by atoms with van der Waals surface area (Å²) in [5.74, 6) is 5.56. The fourth-order valence-electron chi connectivity index (χ4n) is 1.92. The van der Waals surface area contributed by atoms with Crippen molar-refractivity contribution in [3.63, 3.8) is 0 Å². The van der Waals surface area contributed by atoms with Crippen LogP contribution in [0.4, 0.5) is 5.82 Å². The molecular formula is C13H23N5O. The van der Waals surface area contributed by atoms with Crippen molar-refractivity contribution in [1.82, 2.24) is 15.2 Å². The van der Waals surface area contributed by atoms with Gasteiger partial charge in [-0.25, -0.2) is 10.8 Å². The summed E-state index contributed by atoms with van der Waals surface area (Å²) in [7, 11) is 0. The van der Waals surface area contributed by atoms with Crippen molar-refractivity contribution in [2.75, 3.05) is 25.1 Å². The molecule has 6 nitrogen and oxygen atoms in total. The Hall–Kier alpha value is -1.66. The molecular weight excluding hydrogens is 242 g/mol. The first-order valence-electron chi connectivity index (χ1n) is 6.57. The van der Waals surface area contributed by atoms with E-state index in [4.69, 9.17) is 5.84 Å². The molecule has 1 amide bonds. The molecule has 0 bridgehead atoms. The minimum absolute atomic E-state index is 0.0678. The van der Waals surface area contributed by atoms with Gasteiger partial charge in [-0.1, -0.05) is 13.8 Å². The Morgan fingerprint density at radius 1 is 1.47 bits per heavy atom. The van der Waals surface area contributed by atoms with E-state index in [1.165, 1.54) is 0 Å². The normalized spacial score (nSPS) is 12.3. The van der Waals surface area contributed by atoms with Gasteiger partial charge in [0, 0.05) is 18.8 Å². The maximum atomic E-state index is 12.1. The maximum absolute atomic E-state index is 12.1. The molecule has 4 N–H and O–H groups in total. The molecule has 106 valence electrons. The average molecular weight is 265 g/mol. The second kappa shape index (κ2) is 7.70. The fourth-order valence-corrected chi connectivity index (χ4v) is 1.92. The third-order valence-electron chi connectivity index (χ3n) is 2.99. The van der Waals surface area contributed by atoms with E-state index < -0.39 is 0 Å². The van der Waals surface area contributed by atoms with Crippen LogP contribution in [0.25, 0.3) is 0 Å². The average Bonchev–Trinajstić information content (AvgIpc) is 2.44. The Morgan fingerprint density at radius 3 is 2.74 bits per heavy atom. The molecule has 0 fully saturated rings. The number of nitrogens with two attached hydrogens (primary N) is 1. The number of carbonyl (C=O) groups excluding carboxylic acids is 1. The number of hydrogen-bond donors (Lipinski definition) is 3. The van der Waals surface area contributed by atoms with Gasteiger partial charge < -0.3 is 15.6 Å². The zero-order chi connectivity index (χ0) is 14.3. The van der Waals surface area contributed by atoms with E-state index in [2.05, 4.69) is 34.5 Å². The molecule has 0 aliphatic rings. The van der Waals surface area contributed by atoms with E-state index in [9.17, 15) is 4.79 Å². The Labute approximate surface area is 114 Å². The molecule has 0 aliphatic heterocycles. The van der Waals surface area contributed by atoms with Crippen LogP contribution in [0.2, 0.25) is 0 Å². The van der Waals surface area contributed by atoms with Crippen molar-refractivity contribution in [3.05, 3.63) is 23.9 Å². The highest BCUT2D eigenvalue weighted by atomic mass is 16.1. The molecule has 1 unspecified atom stereocenters. The quantitative estimate of drug-likeness (QED) is 0.502. The minimum Gasteiger partial charge on any atom is -0.348 e. The van der Waals surface area contributed by atoms with E-state index in [1.54, 1.807) is 18.3 Å². The number of hydrogen-bond acceptors (Lipinski definition) is 5. The summed E-state index contributed by atoms with van der Waals surface area (Å²) in [4.78, 5) is 18.4. The zero-order valence-corrected chi connectivity index (χ0v) is 11.8. The smallest absolute Gasteiger partial charge is 0.255 e. The zero-order valence-electron chi connectivity index (χ0n) is 11.8. The SMILES string of the molecule is CCN(CC)CC(C)NC(=O)c1cccnc1NN. The number of hydrazine groups is 1. The van der Waals surface area contributed by atoms with Crippen LogP contribution in [-0.4, -0.2) is 41.5 Å². The summed E-state index contributed by atoms with van der Waals surface area (Å²) in [5, 5.41) is 2.95. The highest BCUT2D eigenvalue weighted by Crippen LogP contribution is 2.09. The molecule has 0 aliphatic carbocycles. The van der Waals surface area contributed by atoms with E-state index in [0.29, 0.717) is 11.4 Å². The molecule has 1 atom stereocenters. The number of carbonyl (C=O) groups is 1. The molecule has 1 rings (SSSR count). The van der Waals surface area contributed by atoms with E-state index in [0.717, 1.165) is 19.6 Å². The summed E-state index contributed by atoms with van der Waals surface area (Å²) in [6.07, 6.45) is 1.59. The lowest BCUT2D eigenvalue weighted by atomic mass is 10.2. The Bertz CT molecular complexity index is 406. The van der Waals surface area contributed by atoms with Gasteiger partial charge in [0.15, 0.2) is 5.82 Å². The molecule has 0 saturated carbocycles. The molecule has 1 aromatic rings. The number of rotatable bonds is 7. The number of amides is 1. The number of pyridine rings is 1. The topological polar surface area (TPSA) is 83.3 Å². The molecule has 6 heteroatoms. The molecule has 0 radical (unpaired) electrons. The van der Waals surface area contributed by atoms with Crippen LogP contribution >= 0.6 is 0 Å². The van der Waals surface area contributed by atoms with Crippen molar-refractivity contribution in [2.45, 2.75) is 26.8 Å². The van der Waals surface area contributed by atoms with Gasteiger partial charge in [0.25, 0.3) is 5.91 Å². The summed E-state index contributed by atoms with van der Waals surface area (Å²) in [6, 6.07) is 3.48. The predicted octanol–water partition coefficient (Wildman–Crippen LogP) is 0.827. The third kappa shape index (κ3) is 4.50. The molecule has 0 spiro atoms. The first-order valence-corrected chi connectivity index (χ1v) is 6.57. The van der Waals surface area contributed by atoms with Gasteiger partial charge in [0.2, 0.25) is 0 Å². The monoisotopic (exact) mass is 265 g/mol. The van der Waals surface area contributed by atoms with Gasteiger partial charge in [-0.05, 0) is 32.1 Å². The van der Waals surface area contributed by atoms with E-state index >= 15 is 0 Å². The van der Waals surface area contributed by atoms with Crippen molar-refractivity contribution in [3.8, 4) is 0 Å². The highest BCUT2D eigenvalue weighted by Gasteiger charge is 2.15. The number of nitrogens with zero attached hydrogens (tertiary/aromatic N) is 2. The van der Waals surface area contributed by atoms with Crippen LogP contribution in [-0.2, 0) is 0 Å². The minimum atomic E-state index is -0.166. The summed E-state index contributed by atoms with van der Waals surface area (Å²) in [6.45, 7) is 8.97. The molecule has 0 aromatic carbocycles. The lowest BCUT2D eigenvalue weighted by molar-refractivity contribution is 0.0931. The summed E-state index contributed by atoms with van der Waals surface area (Å²) in [5.41, 5.74) is 2.89. The van der Waals surface area contributed by atoms with Crippen LogP contribution in [0.1, 0.15) is 31.1 Å². The lowest BCUT2D eigenvalue weighted by Crippen LogP contribution is -2.42. The standard InChI is InChI=1S/C13H23N5O/c1-4-18(5-2)9-10(3)16-13(19)11-7-6-8-15-12(11)17-14/h6-8,10H,4-5,9,14H2,1-3H3,(H,15,17)(H,16,19). The first-order chi connectivity index (χ1) is 9.12. The second-order valence-electron chi connectivity index (χ2n) is 4.40. The van der Waals surface area contributed by atoms with Gasteiger partial charge in [-0.15, -0.1) is 0 Å². The second-order valence-corrected chi connectivity index (χ2v) is 4.40. The number of anilines is 1. The van der Waals surface area contributed by atoms with Crippen LogP contribution < -0.4 is 16.6 Å². The van der Waals surface area contributed by atoms with Crippen LogP contribution in [0.3, 0.4) is 0 Å². The first kappa shape index (κ1) is 15.4. The Morgan fingerprint density at radius 2 is 2.16 bits per heavy atom. The van der Waals surface area contributed by atoms with Crippen LogP contribution in [0.15, 0.2) is 18.3 Å². The largest absolute Gasteiger partial charge is 0.348 e. The molecule has 19 heavy (non-hydrogen) atoms. The fraction of sp³-hybridized carbons (Fsp3) is 0.538. The van der Waals surface area contributed by atoms with Crippen molar-refractivity contribution >= 4 is 11.7 Å². The van der Waals surface area contributed by atoms with Gasteiger partial charge in [0.05, 0.1) is 5.56 Å². The van der Waals surface area contributed by atoms with E-state index in [-0.39, 0.29) is 11.9 Å². The highest BCUT2D eigenvalue weighted by molar-refractivity contribution is 5.98. The predicted molar refractivity (Wildman–Crippen MR) is 76.8 cm³/mol. The van der Waals surface area contributed by atoms with Gasteiger partial charge in [0.1, 0.15) is 0 Å². The Kier molecular flexibility index (Phi) is 6.24. The van der Waals surface area contributed by atoms with E-state index in [1.807, 2.05) is 6.92 Å². The lowest BCUT2D eigenvalue weighted by Gasteiger charge is -2.23. The number of likely N-dealkylation sites (N-methyl/N-ethyl adjacent to an activating group) is 1. The third-order valence-corrected chi connectivity index (χ3v) is 2.99. The number of nitrogens with one attached hydrogen (secondary N) is 2. The van der Waals surface area contributed by atoms with Gasteiger partial charge >= 0.3 is 0 Å². The van der Waals surface area contributed by atoms with Gasteiger partial charge in [-0.3, -0.25) is 4.79 Å². The van der Waals surface area contributed by atoms with Crippen molar-refractivity contribution in [2.24, 2.45) is 5.84 Å². The van der Waals surface area contributed by atoms with Crippen LogP contribution in [0, 0.1) is 0 Å². The van der Waals surface area contributed by atoms with Crippen molar-refractivity contribution < 1.29 is 4.79 Å². The number of nitrogen functional groups attached to an aromatic ring is 1.